The minimum Gasteiger partial charge on any atom is -0.397 e. The lowest BCUT2D eigenvalue weighted by Gasteiger charge is -2.17. The Morgan fingerprint density at radius 3 is 2.52 bits per heavy atom. The van der Waals surface area contributed by atoms with Crippen LogP contribution < -0.4 is 22.0 Å². The first-order valence-corrected chi connectivity index (χ1v) is 8.51. The van der Waals surface area contributed by atoms with Crippen molar-refractivity contribution in [2.24, 2.45) is 5.84 Å². The highest BCUT2D eigenvalue weighted by Gasteiger charge is 2.14. The lowest BCUT2D eigenvalue weighted by Crippen LogP contribution is -2.26. The molecule has 0 bridgehead atoms. The van der Waals surface area contributed by atoms with E-state index in [4.69, 9.17) is 16.6 Å². The van der Waals surface area contributed by atoms with Gasteiger partial charge in [-0.05, 0) is 23.8 Å². The zero-order valence-electron chi connectivity index (χ0n) is 14.8. The van der Waals surface area contributed by atoms with E-state index in [2.05, 4.69) is 4.98 Å². The fourth-order valence-corrected chi connectivity index (χ4v) is 3.15. The van der Waals surface area contributed by atoms with Crippen LogP contribution in [-0.2, 0) is 0 Å². The molecule has 4 aromatic rings. The van der Waals surface area contributed by atoms with Gasteiger partial charge in [-0.15, -0.1) is 0 Å². The predicted molar refractivity (Wildman–Crippen MR) is 110 cm³/mol. The smallest absolute Gasteiger partial charge is 0.191 e. The van der Waals surface area contributed by atoms with Gasteiger partial charge in [-0.2, -0.15) is 0 Å². The molecular weight excluding hydrogens is 338 g/mol. The highest BCUT2D eigenvalue weighted by molar-refractivity contribution is 5.91. The maximum atomic E-state index is 12.3. The lowest BCUT2D eigenvalue weighted by molar-refractivity contribution is 1.02. The monoisotopic (exact) mass is 357 g/mol. The van der Waals surface area contributed by atoms with Crippen molar-refractivity contribution in [3.8, 4) is 22.4 Å². The molecule has 0 atom stereocenters. The summed E-state index contributed by atoms with van der Waals surface area (Å²) in [5.74, 6) is 5.91. The van der Waals surface area contributed by atoms with Gasteiger partial charge in [-0.3, -0.25) is 4.79 Å². The van der Waals surface area contributed by atoms with Crippen LogP contribution in [0.1, 0.15) is 0 Å². The number of pyridine rings is 2. The molecule has 0 radical (unpaired) electrons. The molecule has 0 aliphatic rings. The Bertz CT molecular complexity index is 1180. The number of fused-ring (bicyclic) bond motifs is 1. The average Bonchev–Trinajstić information content (AvgIpc) is 2.68. The van der Waals surface area contributed by atoms with Gasteiger partial charge in [0.25, 0.3) is 0 Å². The minimum atomic E-state index is -0.0799. The van der Waals surface area contributed by atoms with Crippen LogP contribution in [0.25, 0.3) is 33.4 Å². The summed E-state index contributed by atoms with van der Waals surface area (Å²) in [4.78, 5) is 20.1. The number of hydrogen-bond donors (Lipinski definition) is 3. The van der Waals surface area contributed by atoms with Crippen molar-refractivity contribution >= 4 is 22.4 Å². The summed E-state index contributed by atoms with van der Waals surface area (Å²) in [5, 5.41) is 2.01. The lowest BCUT2D eigenvalue weighted by atomic mass is 9.97. The van der Waals surface area contributed by atoms with Crippen LogP contribution in [0.15, 0.2) is 71.7 Å². The van der Waals surface area contributed by atoms with Gasteiger partial charge >= 0.3 is 0 Å². The van der Waals surface area contributed by atoms with Gasteiger partial charge in [-0.1, -0.05) is 36.4 Å². The number of rotatable bonds is 3. The second kappa shape index (κ2) is 6.59. The number of H-pyrrole nitrogens is 1. The van der Waals surface area contributed by atoms with Crippen molar-refractivity contribution in [2.45, 2.75) is 0 Å². The van der Waals surface area contributed by atoms with Gasteiger partial charge < -0.3 is 15.7 Å². The zero-order valence-corrected chi connectivity index (χ0v) is 14.8. The molecule has 6 nitrogen and oxygen atoms in total. The van der Waals surface area contributed by atoms with E-state index in [9.17, 15) is 4.79 Å². The Balaban J connectivity index is 2.05. The first-order valence-electron chi connectivity index (χ1n) is 8.51. The molecular formula is C21H19N5O. The molecule has 0 amide bonds. The van der Waals surface area contributed by atoms with Gasteiger partial charge in [0.1, 0.15) is 5.65 Å². The maximum Gasteiger partial charge on any atom is 0.191 e. The van der Waals surface area contributed by atoms with E-state index in [1.807, 2.05) is 54.6 Å². The normalized spacial score (nSPS) is 10.9. The number of benzene rings is 2. The molecule has 0 spiro atoms. The fraction of sp³-hybridized carbons (Fsp3) is 0.0476. The number of nitrogens with two attached hydrogens (primary N) is 2. The fourth-order valence-electron chi connectivity index (χ4n) is 3.15. The largest absolute Gasteiger partial charge is 0.397 e. The van der Waals surface area contributed by atoms with Crippen molar-refractivity contribution in [3.63, 3.8) is 0 Å². The summed E-state index contributed by atoms with van der Waals surface area (Å²) >= 11 is 0. The van der Waals surface area contributed by atoms with Crippen LogP contribution in [0, 0.1) is 0 Å². The second-order valence-corrected chi connectivity index (χ2v) is 6.37. The summed E-state index contributed by atoms with van der Waals surface area (Å²) in [6.45, 7) is 0. The molecule has 0 saturated heterocycles. The molecule has 0 fully saturated rings. The summed E-state index contributed by atoms with van der Waals surface area (Å²) < 4.78 is 0. The number of aromatic nitrogens is 2. The van der Waals surface area contributed by atoms with Crippen molar-refractivity contribution < 1.29 is 0 Å². The van der Waals surface area contributed by atoms with Gasteiger partial charge in [0.15, 0.2) is 5.43 Å². The van der Waals surface area contributed by atoms with Crippen LogP contribution in [0.3, 0.4) is 0 Å². The third-order valence-electron chi connectivity index (χ3n) is 4.51. The zero-order chi connectivity index (χ0) is 19.0. The average molecular weight is 357 g/mol. The van der Waals surface area contributed by atoms with E-state index in [1.165, 1.54) is 11.1 Å². The molecule has 0 aliphatic carbocycles. The Labute approximate surface area is 156 Å². The third-order valence-corrected chi connectivity index (χ3v) is 4.51. The molecule has 0 saturated carbocycles. The topological polar surface area (TPSA) is 101 Å². The van der Waals surface area contributed by atoms with E-state index < -0.39 is 0 Å². The van der Waals surface area contributed by atoms with E-state index in [1.54, 1.807) is 13.2 Å². The van der Waals surface area contributed by atoms with E-state index in [0.717, 1.165) is 22.4 Å². The highest BCUT2D eigenvalue weighted by atomic mass is 16.1. The van der Waals surface area contributed by atoms with Crippen molar-refractivity contribution in [2.75, 3.05) is 17.8 Å². The van der Waals surface area contributed by atoms with Gasteiger partial charge in [0, 0.05) is 30.4 Å². The predicted octanol–water partition coefficient (Wildman–Crippen LogP) is 3.15. The Kier molecular flexibility index (Phi) is 4.10. The number of nitrogen functional groups attached to an aromatic ring is 1. The van der Waals surface area contributed by atoms with Crippen molar-refractivity contribution in [1.29, 1.82) is 0 Å². The molecule has 5 N–H and O–H groups in total. The quantitative estimate of drug-likeness (QED) is 0.297. The third kappa shape index (κ3) is 3.02. The Morgan fingerprint density at radius 1 is 1.00 bits per heavy atom. The first-order chi connectivity index (χ1) is 13.0. The number of hydrazine groups is 1. The Hall–Kier alpha value is -3.64. The maximum absolute atomic E-state index is 12.3. The standard InChI is InChI=1S/C21H19N5O/c1-26(23)18-11-14(7-8-17(18)22)15-12-16-19(27)9-10-24-21(16)25-20(15)13-5-3-2-4-6-13/h2-12H,22-23H2,1H3,(H,24,25,27). The summed E-state index contributed by atoms with van der Waals surface area (Å²) in [5.41, 5.74) is 11.3. The van der Waals surface area contributed by atoms with Crippen LogP contribution in [0.5, 0.6) is 0 Å². The summed E-state index contributed by atoms with van der Waals surface area (Å²) in [6, 6.07) is 18.8. The molecule has 0 unspecified atom stereocenters. The minimum absolute atomic E-state index is 0.0799. The Morgan fingerprint density at radius 2 is 1.78 bits per heavy atom. The van der Waals surface area contributed by atoms with Crippen molar-refractivity contribution in [1.82, 2.24) is 9.97 Å². The molecule has 0 aliphatic heterocycles. The first kappa shape index (κ1) is 16.8. The van der Waals surface area contributed by atoms with Crippen LogP contribution in [0.4, 0.5) is 11.4 Å². The van der Waals surface area contributed by atoms with E-state index in [-0.39, 0.29) is 5.43 Å². The highest BCUT2D eigenvalue weighted by Crippen LogP contribution is 2.35. The molecule has 2 heterocycles. The summed E-state index contributed by atoms with van der Waals surface area (Å²) in [7, 11) is 1.73. The van der Waals surface area contributed by atoms with Crippen LogP contribution >= 0.6 is 0 Å². The SMILES string of the molecule is CN(N)c1cc(-c2cc3c(=O)cc[nH]c3nc2-c2ccccc2)ccc1N. The van der Waals surface area contributed by atoms with E-state index >= 15 is 0 Å². The van der Waals surface area contributed by atoms with Gasteiger partial charge in [0.05, 0.1) is 22.5 Å². The molecule has 2 aromatic carbocycles. The van der Waals surface area contributed by atoms with Crippen LogP contribution in [-0.4, -0.2) is 17.0 Å². The van der Waals surface area contributed by atoms with Crippen molar-refractivity contribution in [3.05, 3.63) is 77.1 Å². The summed E-state index contributed by atoms with van der Waals surface area (Å²) in [6.07, 6.45) is 1.61. The molecule has 4 rings (SSSR count). The van der Waals surface area contributed by atoms with E-state index in [0.29, 0.717) is 22.4 Å². The molecule has 2 aromatic heterocycles. The van der Waals surface area contributed by atoms with Crippen LogP contribution in [0.2, 0.25) is 0 Å². The second-order valence-electron chi connectivity index (χ2n) is 6.37. The van der Waals surface area contributed by atoms with Gasteiger partial charge in [0.2, 0.25) is 0 Å². The number of aromatic amines is 1. The molecule has 134 valence electrons. The number of anilines is 2. The molecule has 27 heavy (non-hydrogen) atoms. The number of hydrogen-bond acceptors (Lipinski definition) is 5. The van der Waals surface area contributed by atoms with Gasteiger partial charge in [-0.25, -0.2) is 10.8 Å². The molecule has 6 heteroatoms. The number of nitrogens with one attached hydrogen (secondary N) is 1. The number of nitrogens with zero attached hydrogens (tertiary/aromatic N) is 2.